The lowest BCUT2D eigenvalue weighted by Gasteiger charge is -2.24. The molecule has 138 valence electrons. The normalized spacial score (nSPS) is 14.9. The van der Waals surface area contributed by atoms with Crippen LogP contribution in [0.1, 0.15) is 52.2 Å². The number of aliphatic hydroxyl groups excluding tert-OH is 1. The summed E-state index contributed by atoms with van der Waals surface area (Å²) in [5, 5.41) is 13.1. The Morgan fingerprint density at radius 2 is 1.88 bits per heavy atom. The molecule has 5 heteroatoms. The molecule has 0 aliphatic rings. The van der Waals surface area contributed by atoms with Crippen LogP contribution < -0.4 is 5.32 Å². The number of hydrogen-bond donors (Lipinski definition) is 2. The van der Waals surface area contributed by atoms with Crippen LogP contribution in [-0.2, 0) is 14.3 Å². The van der Waals surface area contributed by atoms with E-state index in [9.17, 15) is 14.7 Å². The van der Waals surface area contributed by atoms with E-state index in [0.717, 1.165) is 5.56 Å². The number of nitrogens with one attached hydrogen (secondary N) is 1. The van der Waals surface area contributed by atoms with E-state index in [1.807, 2.05) is 18.2 Å². The van der Waals surface area contributed by atoms with Crippen molar-refractivity contribution >= 4 is 11.9 Å². The first-order valence-electron chi connectivity index (χ1n) is 8.50. The molecule has 1 rings (SSSR count). The second kappa shape index (κ2) is 9.37. The molecule has 1 amide bonds. The molecule has 0 aliphatic heterocycles. The molecule has 25 heavy (non-hydrogen) atoms. The molecule has 0 spiro atoms. The number of aliphatic hydroxyl groups is 1. The van der Waals surface area contributed by atoms with Gasteiger partial charge in [0.2, 0.25) is 5.91 Å². The van der Waals surface area contributed by atoms with Crippen LogP contribution in [0, 0.1) is 5.92 Å². The lowest BCUT2D eigenvalue weighted by molar-refractivity contribution is -0.157. The Hall–Kier alpha value is -2.14. The third-order valence-corrected chi connectivity index (χ3v) is 3.64. The SMILES string of the molecule is C=CC[C@@H](CC(=O)OC(C)(C)C)C(=O)N[C@@H](C)[C@H](O)c1ccccc1. The lowest BCUT2D eigenvalue weighted by atomic mass is 9.98. The number of amides is 1. The highest BCUT2D eigenvalue weighted by Gasteiger charge is 2.27. The first kappa shape index (κ1) is 20.9. The Morgan fingerprint density at radius 1 is 1.28 bits per heavy atom. The van der Waals surface area contributed by atoms with Crippen LogP contribution in [-0.4, -0.2) is 28.6 Å². The second-order valence-electron chi connectivity index (χ2n) is 7.16. The minimum Gasteiger partial charge on any atom is -0.460 e. The summed E-state index contributed by atoms with van der Waals surface area (Å²) in [5.74, 6) is -1.29. The molecule has 0 aromatic heterocycles. The van der Waals surface area contributed by atoms with Gasteiger partial charge in [-0.2, -0.15) is 0 Å². The lowest BCUT2D eigenvalue weighted by Crippen LogP contribution is -2.41. The van der Waals surface area contributed by atoms with Gasteiger partial charge < -0.3 is 15.2 Å². The van der Waals surface area contributed by atoms with Crippen LogP contribution in [0.15, 0.2) is 43.0 Å². The second-order valence-corrected chi connectivity index (χ2v) is 7.16. The van der Waals surface area contributed by atoms with Crippen molar-refractivity contribution in [3.63, 3.8) is 0 Å². The van der Waals surface area contributed by atoms with Gasteiger partial charge in [0, 0.05) is 0 Å². The molecule has 0 radical (unpaired) electrons. The molecule has 0 heterocycles. The zero-order chi connectivity index (χ0) is 19.0. The largest absolute Gasteiger partial charge is 0.460 e. The highest BCUT2D eigenvalue weighted by atomic mass is 16.6. The quantitative estimate of drug-likeness (QED) is 0.559. The van der Waals surface area contributed by atoms with Gasteiger partial charge in [0.05, 0.1) is 24.5 Å². The fourth-order valence-corrected chi connectivity index (χ4v) is 2.43. The fraction of sp³-hybridized carbons (Fsp3) is 0.500. The zero-order valence-corrected chi connectivity index (χ0v) is 15.5. The Balaban J connectivity index is 2.69. The van der Waals surface area contributed by atoms with E-state index in [4.69, 9.17) is 4.74 Å². The summed E-state index contributed by atoms with van der Waals surface area (Å²) in [6, 6.07) is 8.64. The maximum absolute atomic E-state index is 12.5. The summed E-state index contributed by atoms with van der Waals surface area (Å²) < 4.78 is 5.28. The van der Waals surface area contributed by atoms with E-state index in [-0.39, 0.29) is 12.3 Å². The number of ether oxygens (including phenoxy) is 1. The average Bonchev–Trinajstić information content (AvgIpc) is 2.52. The third kappa shape index (κ3) is 7.52. The van der Waals surface area contributed by atoms with E-state index in [1.165, 1.54) is 0 Å². The van der Waals surface area contributed by atoms with Crippen LogP contribution in [0.2, 0.25) is 0 Å². The number of allylic oxidation sites excluding steroid dienone is 1. The highest BCUT2D eigenvalue weighted by molar-refractivity contribution is 5.84. The van der Waals surface area contributed by atoms with Crippen molar-refractivity contribution in [2.24, 2.45) is 5.92 Å². The molecule has 0 fully saturated rings. The van der Waals surface area contributed by atoms with Gasteiger partial charge in [0.1, 0.15) is 5.60 Å². The Morgan fingerprint density at radius 3 is 2.40 bits per heavy atom. The molecule has 1 aromatic carbocycles. The summed E-state index contributed by atoms with van der Waals surface area (Å²) >= 11 is 0. The predicted octanol–water partition coefficient (Wildman–Crippen LogP) is 3.15. The van der Waals surface area contributed by atoms with Crippen molar-refractivity contribution in [3.8, 4) is 0 Å². The standard InChI is InChI=1S/C20H29NO4/c1-6-10-16(13-17(22)25-20(3,4)5)19(24)21-14(2)18(23)15-11-8-7-9-12-15/h6-9,11-12,14,16,18,23H,1,10,13H2,2-5H3,(H,21,24)/t14-,16-,18-/m0/s1. The van der Waals surface area contributed by atoms with Gasteiger partial charge in [-0.05, 0) is 39.7 Å². The van der Waals surface area contributed by atoms with Gasteiger partial charge in [-0.1, -0.05) is 36.4 Å². The van der Waals surface area contributed by atoms with E-state index in [2.05, 4.69) is 11.9 Å². The molecule has 0 saturated heterocycles. The van der Waals surface area contributed by atoms with Crippen LogP contribution in [0.5, 0.6) is 0 Å². The van der Waals surface area contributed by atoms with Crippen LogP contribution in [0.4, 0.5) is 0 Å². The van der Waals surface area contributed by atoms with Gasteiger partial charge in [-0.15, -0.1) is 6.58 Å². The van der Waals surface area contributed by atoms with Gasteiger partial charge in [-0.3, -0.25) is 9.59 Å². The minimum absolute atomic E-state index is 0.0245. The van der Waals surface area contributed by atoms with Crippen LogP contribution >= 0.6 is 0 Å². The predicted molar refractivity (Wildman–Crippen MR) is 97.8 cm³/mol. The topological polar surface area (TPSA) is 75.6 Å². The summed E-state index contributed by atoms with van der Waals surface area (Å²) in [5.41, 5.74) is 0.131. The van der Waals surface area contributed by atoms with Crippen molar-refractivity contribution in [1.29, 1.82) is 0 Å². The molecule has 5 nitrogen and oxygen atoms in total. The number of hydrogen-bond acceptors (Lipinski definition) is 4. The van der Waals surface area contributed by atoms with Crippen LogP contribution in [0.25, 0.3) is 0 Å². The number of carbonyl (C=O) groups is 2. The molecule has 3 atom stereocenters. The van der Waals surface area contributed by atoms with Gasteiger partial charge >= 0.3 is 5.97 Å². The molecule has 0 aliphatic carbocycles. The molecular weight excluding hydrogens is 318 g/mol. The maximum atomic E-state index is 12.5. The number of esters is 1. The van der Waals surface area contributed by atoms with Crippen molar-refractivity contribution in [2.75, 3.05) is 0 Å². The molecule has 0 saturated carbocycles. The van der Waals surface area contributed by atoms with Crippen molar-refractivity contribution in [2.45, 2.75) is 58.3 Å². The fourth-order valence-electron chi connectivity index (χ4n) is 2.43. The highest BCUT2D eigenvalue weighted by Crippen LogP contribution is 2.19. The summed E-state index contributed by atoms with van der Waals surface area (Å²) in [4.78, 5) is 24.5. The molecule has 0 unspecified atom stereocenters. The van der Waals surface area contributed by atoms with Crippen molar-refractivity contribution in [3.05, 3.63) is 48.6 Å². The minimum atomic E-state index is -0.823. The van der Waals surface area contributed by atoms with E-state index in [1.54, 1.807) is 45.9 Å². The molecule has 0 bridgehead atoms. The summed E-state index contributed by atoms with van der Waals surface area (Å²) in [6.45, 7) is 10.7. The number of carbonyl (C=O) groups excluding carboxylic acids is 2. The smallest absolute Gasteiger partial charge is 0.307 e. The van der Waals surface area contributed by atoms with E-state index < -0.39 is 29.6 Å². The zero-order valence-electron chi connectivity index (χ0n) is 15.5. The van der Waals surface area contributed by atoms with Gasteiger partial charge in [0.15, 0.2) is 0 Å². The number of rotatable bonds is 8. The summed E-state index contributed by atoms with van der Waals surface area (Å²) in [7, 11) is 0. The Labute approximate surface area is 150 Å². The molecular formula is C20H29NO4. The average molecular weight is 347 g/mol. The maximum Gasteiger partial charge on any atom is 0.307 e. The third-order valence-electron chi connectivity index (χ3n) is 3.64. The van der Waals surface area contributed by atoms with Crippen molar-refractivity contribution < 1.29 is 19.4 Å². The molecule has 2 N–H and O–H groups in total. The van der Waals surface area contributed by atoms with Crippen molar-refractivity contribution in [1.82, 2.24) is 5.32 Å². The molecule has 1 aromatic rings. The van der Waals surface area contributed by atoms with E-state index in [0.29, 0.717) is 6.42 Å². The van der Waals surface area contributed by atoms with Gasteiger partial charge in [-0.25, -0.2) is 0 Å². The first-order valence-corrected chi connectivity index (χ1v) is 8.50. The Kier molecular flexibility index (Phi) is 7.84. The van der Waals surface area contributed by atoms with Crippen LogP contribution in [0.3, 0.4) is 0 Å². The van der Waals surface area contributed by atoms with E-state index >= 15 is 0 Å². The Bertz CT molecular complexity index is 577. The first-order chi connectivity index (χ1) is 11.6. The monoisotopic (exact) mass is 347 g/mol. The number of benzene rings is 1. The van der Waals surface area contributed by atoms with Gasteiger partial charge in [0.25, 0.3) is 0 Å². The summed E-state index contributed by atoms with van der Waals surface area (Å²) in [6.07, 6.45) is 1.12.